The topological polar surface area (TPSA) is 82.5 Å². The van der Waals surface area contributed by atoms with Gasteiger partial charge in [-0.05, 0) is 37.8 Å². The van der Waals surface area contributed by atoms with Crippen molar-refractivity contribution in [2.45, 2.75) is 31.2 Å². The minimum Gasteiger partial charge on any atom is -0.480 e. The Hall–Kier alpha value is -1.82. The highest BCUT2D eigenvalue weighted by molar-refractivity contribution is 6.30. The van der Waals surface area contributed by atoms with Crippen LogP contribution in [-0.2, 0) is 9.59 Å². The van der Waals surface area contributed by atoms with Gasteiger partial charge in [0.1, 0.15) is 11.4 Å². The van der Waals surface area contributed by atoms with Crippen molar-refractivity contribution in [3.05, 3.63) is 23.4 Å². The van der Waals surface area contributed by atoms with E-state index in [0.29, 0.717) is 30.7 Å². The maximum Gasteiger partial charge on any atom is 0.329 e. The Morgan fingerprint density at radius 1 is 1.32 bits per heavy atom. The quantitative estimate of drug-likeness (QED) is 0.881. The predicted octanol–water partition coefficient (Wildman–Crippen LogP) is 1.68. The number of nitrogens with one attached hydrogen (secondary N) is 1. The number of hydrogen-bond donors (Lipinski definition) is 2. The van der Waals surface area contributed by atoms with Crippen molar-refractivity contribution >= 4 is 29.3 Å². The largest absolute Gasteiger partial charge is 0.480 e. The molecule has 0 aromatic carbocycles. The fraction of sp³-hybridized carbons (Fsp3) is 0.533. The van der Waals surface area contributed by atoms with Crippen LogP contribution in [0.1, 0.15) is 25.7 Å². The molecular weight excluding hydrogens is 306 g/mol. The summed E-state index contributed by atoms with van der Waals surface area (Å²) in [6.45, 7) is 1.46. The first-order valence-electron chi connectivity index (χ1n) is 7.42. The van der Waals surface area contributed by atoms with Gasteiger partial charge in [0.15, 0.2) is 0 Å². The zero-order chi connectivity index (χ0) is 15.7. The lowest BCUT2D eigenvalue weighted by Crippen LogP contribution is -2.48. The van der Waals surface area contributed by atoms with Crippen molar-refractivity contribution in [3.8, 4) is 0 Å². The monoisotopic (exact) mass is 323 g/mol. The number of piperidine rings is 1. The molecule has 0 bridgehead atoms. The Bertz CT molecular complexity index is 578. The van der Waals surface area contributed by atoms with Crippen LogP contribution in [0.5, 0.6) is 0 Å². The second kappa shape index (κ2) is 5.76. The van der Waals surface area contributed by atoms with E-state index in [0.717, 1.165) is 18.9 Å². The molecule has 1 amide bonds. The molecule has 2 N–H and O–H groups in total. The Kier molecular flexibility index (Phi) is 3.95. The van der Waals surface area contributed by atoms with Crippen LogP contribution < -0.4 is 10.2 Å². The summed E-state index contributed by atoms with van der Waals surface area (Å²) in [5.41, 5.74) is -0.994. The lowest BCUT2D eigenvalue weighted by molar-refractivity contribution is -0.143. The first-order chi connectivity index (χ1) is 10.5. The van der Waals surface area contributed by atoms with Gasteiger partial charge in [-0.15, -0.1) is 0 Å². The summed E-state index contributed by atoms with van der Waals surface area (Å²) in [6.07, 6.45) is 4.07. The number of anilines is 1. The van der Waals surface area contributed by atoms with Gasteiger partial charge in [0, 0.05) is 25.2 Å². The lowest BCUT2D eigenvalue weighted by Gasteiger charge is -2.32. The van der Waals surface area contributed by atoms with Gasteiger partial charge in [0.2, 0.25) is 5.91 Å². The van der Waals surface area contributed by atoms with Crippen molar-refractivity contribution in [2.75, 3.05) is 18.0 Å². The van der Waals surface area contributed by atoms with Crippen LogP contribution >= 0.6 is 11.6 Å². The number of aromatic nitrogens is 1. The molecule has 1 saturated carbocycles. The lowest BCUT2D eigenvalue weighted by atomic mass is 9.95. The molecule has 2 aliphatic rings. The number of aliphatic carboxylic acids is 1. The number of pyridine rings is 1. The standard InChI is InChI=1S/C15H18ClN3O3/c16-11-1-2-12(17-9-11)19-7-3-10(4-8-19)13(20)18-15(5-6-15)14(21)22/h1-2,9-10H,3-8H2,(H,18,20)(H,21,22). The first-order valence-corrected chi connectivity index (χ1v) is 7.80. The van der Waals surface area contributed by atoms with Crippen molar-refractivity contribution in [1.29, 1.82) is 0 Å². The Morgan fingerprint density at radius 2 is 2.00 bits per heavy atom. The van der Waals surface area contributed by atoms with Crippen LogP contribution in [0.15, 0.2) is 18.3 Å². The summed E-state index contributed by atoms with van der Waals surface area (Å²) < 4.78 is 0. The second-order valence-corrected chi connectivity index (χ2v) is 6.41. The van der Waals surface area contributed by atoms with E-state index in [1.54, 1.807) is 12.3 Å². The molecule has 3 rings (SSSR count). The molecule has 1 aliphatic carbocycles. The minimum atomic E-state index is -0.994. The van der Waals surface area contributed by atoms with Gasteiger partial charge in [0.25, 0.3) is 0 Å². The van der Waals surface area contributed by atoms with Crippen molar-refractivity contribution in [1.82, 2.24) is 10.3 Å². The van der Waals surface area contributed by atoms with Gasteiger partial charge in [-0.3, -0.25) is 4.79 Å². The number of halogens is 1. The van der Waals surface area contributed by atoms with E-state index in [-0.39, 0.29) is 11.8 Å². The number of rotatable bonds is 4. The van der Waals surface area contributed by atoms with Gasteiger partial charge in [-0.2, -0.15) is 0 Å². The van der Waals surface area contributed by atoms with Gasteiger partial charge < -0.3 is 15.3 Å². The highest BCUT2D eigenvalue weighted by Crippen LogP contribution is 2.36. The molecule has 22 heavy (non-hydrogen) atoms. The highest BCUT2D eigenvalue weighted by atomic mass is 35.5. The SMILES string of the molecule is O=C(NC1(C(=O)O)CC1)C1CCN(c2ccc(Cl)cn2)CC1. The predicted molar refractivity (Wildman–Crippen MR) is 81.9 cm³/mol. The summed E-state index contributed by atoms with van der Waals surface area (Å²) in [5, 5.41) is 12.4. The number of hydrogen-bond acceptors (Lipinski definition) is 4. The summed E-state index contributed by atoms with van der Waals surface area (Å²) in [6, 6.07) is 3.67. The van der Waals surface area contributed by atoms with E-state index in [9.17, 15) is 9.59 Å². The number of carbonyl (C=O) groups is 2. The Morgan fingerprint density at radius 3 is 2.50 bits per heavy atom. The van der Waals surface area contributed by atoms with E-state index < -0.39 is 11.5 Å². The zero-order valence-corrected chi connectivity index (χ0v) is 12.8. The third kappa shape index (κ3) is 3.02. The Labute approximate surface area is 133 Å². The van der Waals surface area contributed by atoms with Gasteiger partial charge in [0.05, 0.1) is 5.02 Å². The van der Waals surface area contributed by atoms with Gasteiger partial charge in [-0.25, -0.2) is 9.78 Å². The van der Waals surface area contributed by atoms with E-state index in [1.165, 1.54) is 0 Å². The third-order valence-corrected chi connectivity index (χ3v) is 4.65. The first kappa shape index (κ1) is 15.1. The molecule has 0 unspecified atom stereocenters. The molecule has 1 aromatic heterocycles. The van der Waals surface area contributed by atoms with E-state index in [2.05, 4.69) is 15.2 Å². The van der Waals surface area contributed by atoms with Crippen LogP contribution in [0.2, 0.25) is 5.02 Å². The number of nitrogens with zero attached hydrogens (tertiary/aromatic N) is 2. The number of carboxylic acid groups (broad SMARTS) is 1. The van der Waals surface area contributed by atoms with Crippen LogP contribution in [0.25, 0.3) is 0 Å². The highest BCUT2D eigenvalue weighted by Gasteiger charge is 2.52. The van der Waals surface area contributed by atoms with Crippen molar-refractivity contribution in [3.63, 3.8) is 0 Å². The maximum atomic E-state index is 12.2. The number of carboxylic acids is 1. The fourth-order valence-corrected chi connectivity index (χ4v) is 2.89. The maximum absolute atomic E-state index is 12.2. The fourth-order valence-electron chi connectivity index (χ4n) is 2.78. The van der Waals surface area contributed by atoms with E-state index in [4.69, 9.17) is 16.7 Å². The number of amides is 1. The molecule has 2 fully saturated rings. The molecule has 0 atom stereocenters. The number of carbonyl (C=O) groups excluding carboxylic acids is 1. The summed E-state index contributed by atoms with van der Waals surface area (Å²) >= 11 is 5.83. The normalized spacial score (nSPS) is 20.5. The molecule has 0 radical (unpaired) electrons. The summed E-state index contributed by atoms with van der Waals surface area (Å²) in [5.74, 6) is -0.333. The molecule has 7 heteroatoms. The molecular formula is C15H18ClN3O3. The molecule has 1 aliphatic heterocycles. The average molecular weight is 324 g/mol. The molecule has 2 heterocycles. The molecule has 1 saturated heterocycles. The van der Waals surface area contributed by atoms with Crippen molar-refractivity contribution in [2.24, 2.45) is 5.92 Å². The smallest absolute Gasteiger partial charge is 0.329 e. The van der Waals surface area contributed by atoms with Crippen LogP contribution in [0.3, 0.4) is 0 Å². The van der Waals surface area contributed by atoms with Crippen LogP contribution in [-0.4, -0.2) is 40.6 Å². The zero-order valence-electron chi connectivity index (χ0n) is 12.1. The molecule has 118 valence electrons. The van der Waals surface area contributed by atoms with E-state index in [1.807, 2.05) is 6.07 Å². The molecule has 6 nitrogen and oxygen atoms in total. The van der Waals surface area contributed by atoms with Crippen molar-refractivity contribution < 1.29 is 14.7 Å². The minimum absolute atomic E-state index is 0.125. The summed E-state index contributed by atoms with van der Waals surface area (Å²) in [4.78, 5) is 29.7. The third-order valence-electron chi connectivity index (χ3n) is 4.42. The van der Waals surface area contributed by atoms with Crippen LogP contribution in [0, 0.1) is 5.92 Å². The van der Waals surface area contributed by atoms with E-state index >= 15 is 0 Å². The molecule has 0 spiro atoms. The second-order valence-electron chi connectivity index (χ2n) is 5.97. The Balaban J connectivity index is 1.54. The van der Waals surface area contributed by atoms with Gasteiger partial charge in [-0.1, -0.05) is 11.6 Å². The van der Waals surface area contributed by atoms with Gasteiger partial charge >= 0.3 is 5.97 Å². The van der Waals surface area contributed by atoms with Crippen LogP contribution in [0.4, 0.5) is 5.82 Å². The summed E-state index contributed by atoms with van der Waals surface area (Å²) in [7, 11) is 0. The average Bonchev–Trinajstić information content (AvgIpc) is 3.29. The molecule has 1 aromatic rings.